The van der Waals surface area contributed by atoms with Crippen molar-refractivity contribution < 1.29 is 15.1 Å². The summed E-state index contributed by atoms with van der Waals surface area (Å²) in [6.07, 6.45) is 0. The average molecular weight is 340 g/mol. The number of nitrogen functional groups attached to an aromatic ring is 1. The number of hydrogen-bond donors (Lipinski definition) is 4. The van der Waals surface area contributed by atoms with Gasteiger partial charge in [-0.2, -0.15) is 0 Å². The van der Waals surface area contributed by atoms with E-state index >= 15 is 0 Å². The molecule has 0 bridgehead atoms. The van der Waals surface area contributed by atoms with E-state index in [0.717, 1.165) is 16.8 Å². The molecule has 7 nitrogen and oxygen atoms in total. The number of benzene rings is 1. The molecule has 7 heteroatoms. The summed E-state index contributed by atoms with van der Waals surface area (Å²) in [6, 6.07) is 5.21. The lowest BCUT2D eigenvalue weighted by Crippen LogP contribution is -2.20. The van der Waals surface area contributed by atoms with Crippen LogP contribution >= 0.6 is 0 Å². The summed E-state index contributed by atoms with van der Waals surface area (Å²) in [5.74, 6) is -0.434. The minimum atomic E-state index is -0.707. The van der Waals surface area contributed by atoms with E-state index in [-0.39, 0.29) is 17.1 Å². The number of nitrogens with zero attached hydrogens (tertiary/aromatic N) is 2. The second-order valence-electron chi connectivity index (χ2n) is 6.17. The number of amides is 1. The van der Waals surface area contributed by atoms with Gasteiger partial charge in [-0.15, -0.1) is 0 Å². The second kappa shape index (κ2) is 5.78. The number of hydrogen-bond acceptors (Lipinski definition) is 5. The van der Waals surface area contributed by atoms with E-state index in [2.05, 4.69) is 4.98 Å². The van der Waals surface area contributed by atoms with E-state index in [9.17, 15) is 9.90 Å². The van der Waals surface area contributed by atoms with E-state index < -0.39 is 5.91 Å². The number of anilines is 1. The molecular formula is C18H20N4O3. The van der Waals surface area contributed by atoms with Gasteiger partial charge in [-0.1, -0.05) is 6.07 Å². The Kier molecular flexibility index (Phi) is 3.88. The molecule has 2 aromatic heterocycles. The van der Waals surface area contributed by atoms with Crippen molar-refractivity contribution >= 4 is 22.8 Å². The third-order valence-corrected chi connectivity index (χ3v) is 4.58. The van der Waals surface area contributed by atoms with E-state index in [0.29, 0.717) is 22.3 Å². The first kappa shape index (κ1) is 16.8. The van der Waals surface area contributed by atoms with Crippen LogP contribution in [0.4, 0.5) is 5.82 Å². The van der Waals surface area contributed by atoms with Crippen molar-refractivity contribution in [2.75, 3.05) is 5.73 Å². The minimum absolute atomic E-state index is 0.124. The second-order valence-corrected chi connectivity index (χ2v) is 6.17. The Hall–Kier alpha value is -3.06. The molecule has 0 saturated carbocycles. The molecule has 0 radical (unpaired) electrons. The lowest BCUT2D eigenvalue weighted by Gasteiger charge is -2.15. The van der Waals surface area contributed by atoms with Crippen LogP contribution in [0, 0.1) is 27.7 Å². The Morgan fingerprint density at radius 1 is 1.20 bits per heavy atom. The van der Waals surface area contributed by atoms with Gasteiger partial charge in [-0.25, -0.2) is 10.5 Å². The van der Waals surface area contributed by atoms with Crippen molar-refractivity contribution in [3.8, 4) is 11.4 Å². The summed E-state index contributed by atoms with van der Waals surface area (Å²) in [7, 11) is 0. The van der Waals surface area contributed by atoms with Gasteiger partial charge in [-0.05, 0) is 51.0 Å². The molecule has 0 spiro atoms. The monoisotopic (exact) mass is 340 g/mol. The molecule has 1 aromatic carbocycles. The molecule has 0 atom stereocenters. The normalized spacial score (nSPS) is 11.1. The standard InChI is InChI=1S/C18H20N4O3/c1-8-5-6-13(23)10(3)15(8)22-16(19)14(18(24)21-25)12-7-9(2)11(4)20-17(12)22/h5-7,23,25H,19H2,1-4H3,(H,21,24). The lowest BCUT2D eigenvalue weighted by molar-refractivity contribution is 0.0709. The number of aryl methyl sites for hydroxylation is 3. The highest BCUT2D eigenvalue weighted by Crippen LogP contribution is 2.36. The summed E-state index contributed by atoms with van der Waals surface area (Å²) in [4.78, 5) is 16.8. The van der Waals surface area contributed by atoms with Crippen LogP contribution in [-0.2, 0) is 0 Å². The maximum atomic E-state index is 12.2. The van der Waals surface area contributed by atoms with Gasteiger partial charge in [0.1, 0.15) is 17.2 Å². The molecule has 0 unspecified atom stereocenters. The van der Waals surface area contributed by atoms with Crippen molar-refractivity contribution in [2.45, 2.75) is 27.7 Å². The number of carbonyl (C=O) groups excluding carboxylic acids is 1. The van der Waals surface area contributed by atoms with Gasteiger partial charge in [-0.3, -0.25) is 14.6 Å². The van der Waals surface area contributed by atoms with Gasteiger partial charge < -0.3 is 10.8 Å². The van der Waals surface area contributed by atoms with Gasteiger partial charge in [0.15, 0.2) is 0 Å². The maximum Gasteiger partial charge on any atom is 0.279 e. The Labute approximate surface area is 144 Å². The number of carbonyl (C=O) groups is 1. The predicted molar refractivity (Wildman–Crippen MR) is 95.3 cm³/mol. The summed E-state index contributed by atoms with van der Waals surface area (Å²) < 4.78 is 1.65. The fraction of sp³-hybridized carbons (Fsp3) is 0.222. The molecule has 130 valence electrons. The third-order valence-electron chi connectivity index (χ3n) is 4.58. The zero-order chi connectivity index (χ0) is 18.5. The topological polar surface area (TPSA) is 113 Å². The number of phenols is 1. The van der Waals surface area contributed by atoms with Gasteiger partial charge in [0, 0.05) is 16.6 Å². The molecule has 0 fully saturated rings. The van der Waals surface area contributed by atoms with E-state index in [1.54, 1.807) is 29.1 Å². The van der Waals surface area contributed by atoms with Crippen LogP contribution in [0.25, 0.3) is 16.7 Å². The van der Waals surface area contributed by atoms with Crippen molar-refractivity contribution in [1.29, 1.82) is 0 Å². The molecule has 3 aromatic rings. The smallest absolute Gasteiger partial charge is 0.279 e. The Bertz CT molecular complexity index is 1020. The molecule has 25 heavy (non-hydrogen) atoms. The van der Waals surface area contributed by atoms with Crippen LogP contribution in [0.5, 0.6) is 5.75 Å². The van der Waals surface area contributed by atoms with Crippen molar-refractivity contribution in [1.82, 2.24) is 15.0 Å². The van der Waals surface area contributed by atoms with E-state index in [1.165, 1.54) is 0 Å². The van der Waals surface area contributed by atoms with Crippen LogP contribution in [0.1, 0.15) is 32.7 Å². The van der Waals surface area contributed by atoms with Crippen LogP contribution in [0.3, 0.4) is 0 Å². The summed E-state index contributed by atoms with van der Waals surface area (Å²) in [5.41, 5.74) is 12.4. The molecule has 0 saturated heterocycles. The first-order valence-corrected chi connectivity index (χ1v) is 7.80. The highest BCUT2D eigenvalue weighted by atomic mass is 16.5. The number of phenolic OH excluding ortho intramolecular Hbond substituents is 1. The first-order chi connectivity index (χ1) is 11.8. The lowest BCUT2D eigenvalue weighted by atomic mass is 10.1. The molecule has 0 aliphatic rings. The highest BCUT2D eigenvalue weighted by molar-refractivity contribution is 6.11. The van der Waals surface area contributed by atoms with Crippen LogP contribution in [-0.4, -0.2) is 25.8 Å². The zero-order valence-electron chi connectivity index (χ0n) is 14.5. The fourth-order valence-corrected chi connectivity index (χ4v) is 3.10. The zero-order valence-corrected chi connectivity index (χ0v) is 14.5. The fourth-order valence-electron chi connectivity index (χ4n) is 3.10. The number of aromatic hydroxyl groups is 1. The van der Waals surface area contributed by atoms with E-state index in [1.807, 2.05) is 26.8 Å². The Balaban J connectivity index is 2.53. The van der Waals surface area contributed by atoms with Gasteiger partial charge >= 0.3 is 0 Å². The molecule has 3 rings (SSSR count). The largest absolute Gasteiger partial charge is 0.508 e. The SMILES string of the molecule is Cc1cc2c(C(=O)NO)c(N)n(-c3c(C)ccc(O)c3C)c2nc1C. The highest BCUT2D eigenvalue weighted by Gasteiger charge is 2.25. The first-order valence-electron chi connectivity index (χ1n) is 7.80. The van der Waals surface area contributed by atoms with Crippen molar-refractivity contribution in [3.05, 3.63) is 46.1 Å². The number of aromatic nitrogens is 2. The number of fused-ring (bicyclic) bond motifs is 1. The minimum Gasteiger partial charge on any atom is -0.508 e. The molecule has 1 amide bonds. The van der Waals surface area contributed by atoms with Gasteiger partial charge in [0.25, 0.3) is 5.91 Å². The van der Waals surface area contributed by atoms with Crippen LogP contribution < -0.4 is 11.2 Å². The molecule has 0 aliphatic carbocycles. The number of nitrogens with one attached hydrogen (secondary N) is 1. The third kappa shape index (κ3) is 2.40. The van der Waals surface area contributed by atoms with Crippen molar-refractivity contribution in [3.63, 3.8) is 0 Å². The summed E-state index contributed by atoms with van der Waals surface area (Å²) in [6.45, 7) is 7.42. The van der Waals surface area contributed by atoms with Crippen LogP contribution in [0.15, 0.2) is 18.2 Å². The maximum absolute atomic E-state index is 12.2. The van der Waals surface area contributed by atoms with Gasteiger partial charge in [0.05, 0.1) is 11.3 Å². The van der Waals surface area contributed by atoms with Gasteiger partial charge in [0.2, 0.25) is 0 Å². The van der Waals surface area contributed by atoms with E-state index in [4.69, 9.17) is 10.9 Å². The number of hydroxylamine groups is 1. The summed E-state index contributed by atoms with van der Waals surface area (Å²) >= 11 is 0. The Morgan fingerprint density at radius 2 is 1.88 bits per heavy atom. The molecule has 2 heterocycles. The summed E-state index contributed by atoms with van der Waals surface area (Å²) in [5, 5.41) is 19.8. The van der Waals surface area contributed by atoms with Crippen molar-refractivity contribution in [2.24, 2.45) is 0 Å². The quantitative estimate of drug-likeness (QED) is 0.423. The van der Waals surface area contributed by atoms with Crippen LogP contribution in [0.2, 0.25) is 0 Å². The number of pyridine rings is 1. The number of rotatable bonds is 2. The molecular weight excluding hydrogens is 320 g/mol. The number of nitrogens with two attached hydrogens (primary N) is 1. The predicted octanol–water partition coefficient (Wildman–Crippen LogP) is 2.67. The molecule has 5 N–H and O–H groups in total. The molecule has 0 aliphatic heterocycles. The average Bonchev–Trinajstić information content (AvgIpc) is 2.83. The Morgan fingerprint density at radius 3 is 2.52 bits per heavy atom.